The molecule has 146 valence electrons. The van der Waals surface area contributed by atoms with Crippen molar-refractivity contribution < 1.29 is 9.18 Å². The molecule has 2 N–H and O–H groups in total. The number of rotatable bonds is 4. The van der Waals surface area contributed by atoms with Gasteiger partial charge in [-0.1, -0.05) is 0 Å². The zero-order valence-electron chi connectivity index (χ0n) is 15.6. The Labute approximate surface area is 166 Å². The van der Waals surface area contributed by atoms with E-state index in [-0.39, 0.29) is 5.91 Å². The molecule has 28 heavy (non-hydrogen) atoms. The Morgan fingerprint density at radius 3 is 2.75 bits per heavy atom. The van der Waals surface area contributed by atoms with Crippen molar-refractivity contribution in [3.8, 4) is 10.6 Å². The first-order chi connectivity index (χ1) is 13.6. The van der Waals surface area contributed by atoms with Gasteiger partial charge in [-0.2, -0.15) is 4.39 Å². The van der Waals surface area contributed by atoms with E-state index in [0.29, 0.717) is 45.6 Å². The van der Waals surface area contributed by atoms with Crippen molar-refractivity contribution in [1.82, 2.24) is 14.9 Å². The molecule has 7 nitrogen and oxygen atoms in total. The van der Waals surface area contributed by atoms with Gasteiger partial charge in [0.15, 0.2) is 0 Å². The van der Waals surface area contributed by atoms with Gasteiger partial charge in [-0.15, -0.1) is 11.3 Å². The Hall–Kier alpha value is -2.81. The van der Waals surface area contributed by atoms with Crippen LogP contribution in [0.3, 0.4) is 0 Å². The highest BCUT2D eigenvalue weighted by molar-refractivity contribution is 7.17. The molecule has 4 rings (SSSR count). The lowest BCUT2D eigenvalue weighted by Crippen LogP contribution is -2.37. The van der Waals surface area contributed by atoms with Crippen molar-refractivity contribution in [2.45, 2.75) is 19.3 Å². The fourth-order valence-corrected chi connectivity index (χ4v) is 4.61. The summed E-state index contributed by atoms with van der Waals surface area (Å²) in [7, 11) is 1.62. The molecule has 0 aromatic carbocycles. The molecule has 0 saturated carbocycles. The lowest BCUT2D eigenvalue weighted by atomic mass is 10.1. The lowest BCUT2D eigenvalue weighted by molar-refractivity contribution is 0.0805. The number of nitrogens with two attached hydrogens (primary N) is 1. The molecule has 0 spiro atoms. The van der Waals surface area contributed by atoms with Gasteiger partial charge in [0.25, 0.3) is 5.91 Å². The molecule has 0 unspecified atom stereocenters. The van der Waals surface area contributed by atoms with E-state index < -0.39 is 5.95 Å². The molecule has 9 heteroatoms. The topological polar surface area (TPSA) is 87.7 Å². The molecular weight excluding hydrogens is 379 g/mol. The number of anilines is 1. The van der Waals surface area contributed by atoms with Gasteiger partial charge in [0, 0.05) is 45.5 Å². The van der Waals surface area contributed by atoms with Crippen molar-refractivity contribution in [2.75, 3.05) is 31.6 Å². The quantitative estimate of drug-likeness (QED) is 0.629. The average molecular weight is 400 g/mol. The van der Waals surface area contributed by atoms with E-state index in [0.717, 1.165) is 25.9 Å². The Morgan fingerprint density at radius 1 is 1.29 bits per heavy atom. The fraction of sp³-hybridized carbons (Fsp3) is 0.368. The third-order valence-corrected chi connectivity index (χ3v) is 6.07. The number of pyridine rings is 1. The molecule has 2 aliphatic rings. The fourth-order valence-electron chi connectivity index (χ4n) is 3.53. The predicted octanol–water partition coefficient (Wildman–Crippen LogP) is 2.44. The Kier molecular flexibility index (Phi) is 5.08. The van der Waals surface area contributed by atoms with Crippen LogP contribution in [0, 0.1) is 5.95 Å². The maximum absolute atomic E-state index is 14.7. The first kappa shape index (κ1) is 18.5. The van der Waals surface area contributed by atoms with E-state index in [1.54, 1.807) is 24.2 Å². The van der Waals surface area contributed by atoms with Crippen LogP contribution in [-0.2, 0) is 6.42 Å². The molecule has 1 saturated heterocycles. The van der Waals surface area contributed by atoms with Gasteiger partial charge < -0.3 is 15.5 Å². The highest BCUT2D eigenvalue weighted by atomic mass is 32.1. The first-order valence-electron chi connectivity index (χ1n) is 9.20. The number of nitrogens with zero attached hydrogens (tertiary/aromatic N) is 5. The van der Waals surface area contributed by atoms with Crippen molar-refractivity contribution in [1.29, 1.82) is 0 Å². The molecule has 2 aromatic rings. The van der Waals surface area contributed by atoms with Gasteiger partial charge in [0.2, 0.25) is 5.95 Å². The average Bonchev–Trinajstić information content (AvgIpc) is 3.37. The highest BCUT2D eigenvalue weighted by Gasteiger charge is 2.31. The minimum Gasteiger partial charge on any atom is -0.403 e. The number of thiazole rings is 1. The van der Waals surface area contributed by atoms with Crippen molar-refractivity contribution >= 4 is 29.3 Å². The number of halogens is 1. The summed E-state index contributed by atoms with van der Waals surface area (Å²) in [5, 5.41) is 0.473. The van der Waals surface area contributed by atoms with Crippen molar-refractivity contribution in [2.24, 2.45) is 10.7 Å². The molecule has 0 radical (unpaired) electrons. The van der Waals surface area contributed by atoms with Crippen LogP contribution in [0.2, 0.25) is 0 Å². The Bertz CT molecular complexity index is 963. The van der Waals surface area contributed by atoms with Crippen LogP contribution < -0.4 is 10.6 Å². The second-order valence-electron chi connectivity index (χ2n) is 6.68. The van der Waals surface area contributed by atoms with Gasteiger partial charge in [-0.3, -0.25) is 9.79 Å². The van der Waals surface area contributed by atoms with Gasteiger partial charge in [0.05, 0.1) is 17.0 Å². The van der Waals surface area contributed by atoms with Gasteiger partial charge in [-0.25, -0.2) is 9.97 Å². The van der Waals surface area contributed by atoms with Crippen LogP contribution in [0.25, 0.3) is 10.6 Å². The summed E-state index contributed by atoms with van der Waals surface area (Å²) in [5.74, 6) is -0.0944. The maximum Gasteiger partial charge on any atom is 0.270 e. The standard InChI is InChI=1S/C19H21FN6OS/c1-22-11-12(10-21)26-9-6-14-16(19(26)27)28-18(23-14)13-4-5-15(24-17(13)20)25-7-2-3-8-25/h4-5,10-11H,2-3,6-9,21H2,1H3/b12-10+,22-11?. The summed E-state index contributed by atoms with van der Waals surface area (Å²) in [5.41, 5.74) is 7.18. The van der Waals surface area contributed by atoms with Crippen LogP contribution >= 0.6 is 11.3 Å². The van der Waals surface area contributed by atoms with Gasteiger partial charge in [-0.05, 0) is 25.0 Å². The molecule has 1 amide bonds. The molecule has 2 aromatic heterocycles. The molecule has 0 aliphatic carbocycles. The van der Waals surface area contributed by atoms with Gasteiger partial charge in [0.1, 0.15) is 15.7 Å². The molecule has 0 bridgehead atoms. The first-order valence-corrected chi connectivity index (χ1v) is 10.0. The monoisotopic (exact) mass is 400 g/mol. The molecule has 2 aliphatic heterocycles. The van der Waals surface area contributed by atoms with E-state index in [4.69, 9.17) is 5.73 Å². The van der Waals surface area contributed by atoms with Crippen LogP contribution in [0.15, 0.2) is 29.0 Å². The third kappa shape index (κ3) is 3.26. The van der Waals surface area contributed by atoms with E-state index >= 15 is 0 Å². The number of fused-ring (bicyclic) bond motifs is 1. The van der Waals surface area contributed by atoms with E-state index in [1.165, 1.54) is 17.5 Å². The number of aromatic nitrogens is 2. The summed E-state index contributed by atoms with van der Waals surface area (Å²) in [6.07, 6.45) is 5.69. The van der Waals surface area contributed by atoms with Crippen molar-refractivity contribution in [3.63, 3.8) is 0 Å². The van der Waals surface area contributed by atoms with Crippen LogP contribution in [0.5, 0.6) is 0 Å². The summed E-state index contributed by atoms with van der Waals surface area (Å²) in [4.78, 5) is 29.6. The number of carbonyl (C=O) groups is 1. The summed E-state index contributed by atoms with van der Waals surface area (Å²) in [6.45, 7) is 2.26. The molecular formula is C19H21FN6OS. The second-order valence-corrected chi connectivity index (χ2v) is 7.68. The summed E-state index contributed by atoms with van der Waals surface area (Å²) in [6, 6.07) is 3.53. The summed E-state index contributed by atoms with van der Waals surface area (Å²) < 4.78 is 14.7. The number of aliphatic imine (C=N–C) groups is 1. The SMILES string of the molecule is CN=C/C(=C\N)N1CCc2nc(-c3ccc(N4CCCC4)nc3F)sc2C1=O. The predicted molar refractivity (Wildman–Crippen MR) is 108 cm³/mol. The maximum atomic E-state index is 14.7. The number of allylic oxidation sites excluding steroid dienone is 1. The lowest BCUT2D eigenvalue weighted by Gasteiger charge is -2.26. The van der Waals surface area contributed by atoms with Crippen LogP contribution in [0.1, 0.15) is 28.2 Å². The second kappa shape index (κ2) is 7.67. The number of carbonyl (C=O) groups excluding carboxylic acids is 1. The minimum absolute atomic E-state index is 0.191. The molecule has 4 heterocycles. The zero-order valence-corrected chi connectivity index (χ0v) is 16.4. The van der Waals surface area contributed by atoms with E-state index in [2.05, 4.69) is 19.9 Å². The molecule has 0 atom stereocenters. The van der Waals surface area contributed by atoms with Gasteiger partial charge >= 0.3 is 0 Å². The highest BCUT2D eigenvalue weighted by Crippen LogP contribution is 2.34. The number of hydrogen-bond donors (Lipinski definition) is 1. The normalized spacial score (nSPS) is 17.6. The smallest absolute Gasteiger partial charge is 0.270 e. The molecule has 1 fully saturated rings. The zero-order chi connectivity index (χ0) is 19.7. The summed E-state index contributed by atoms with van der Waals surface area (Å²) >= 11 is 1.19. The van der Waals surface area contributed by atoms with Crippen LogP contribution in [0.4, 0.5) is 10.2 Å². The van der Waals surface area contributed by atoms with E-state index in [9.17, 15) is 9.18 Å². The largest absolute Gasteiger partial charge is 0.403 e. The minimum atomic E-state index is -0.555. The third-order valence-electron chi connectivity index (χ3n) is 4.95. The Morgan fingerprint density at radius 2 is 2.07 bits per heavy atom. The number of amides is 1. The van der Waals surface area contributed by atoms with E-state index in [1.807, 2.05) is 6.07 Å². The van der Waals surface area contributed by atoms with Crippen LogP contribution in [-0.4, -0.2) is 53.7 Å². The Balaban J connectivity index is 1.63. The van der Waals surface area contributed by atoms with Crippen molar-refractivity contribution in [3.05, 3.63) is 40.5 Å². The number of hydrogen-bond acceptors (Lipinski definition) is 7.